The molecule has 0 amide bonds. The van der Waals surface area contributed by atoms with Crippen LogP contribution in [-0.2, 0) is 11.3 Å². The third kappa shape index (κ3) is 4.06. The predicted octanol–water partition coefficient (Wildman–Crippen LogP) is 2.32. The van der Waals surface area contributed by atoms with Gasteiger partial charge in [0, 0.05) is 31.6 Å². The molecule has 1 atom stereocenters. The summed E-state index contributed by atoms with van der Waals surface area (Å²) in [5.41, 5.74) is 1.09. The average Bonchev–Trinajstić information content (AvgIpc) is 2.27. The summed E-state index contributed by atoms with van der Waals surface area (Å²) in [6.45, 7) is 10.2. The van der Waals surface area contributed by atoms with Crippen LogP contribution in [0.3, 0.4) is 0 Å². The Morgan fingerprint density at radius 2 is 1.88 bits per heavy atom. The van der Waals surface area contributed by atoms with Crippen LogP contribution in [0.2, 0.25) is 0 Å². The van der Waals surface area contributed by atoms with Gasteiger partial charge in [0.1, 0.15) is 6.10 Å². The van der Waals surface area contributed by atoms with Gasteiger partial charge in [0.2, 0.25) is 0 Å². The summed E-state index contributed by atoms with van der Waals surface area (Å²) in [6, 6.07) is 0. The third-order valence-corrected chi connectivity index (χ3v) is 2.56. The first-order valence-electron chi connectivity index (χ1n) is 6.03. The summed E-state index contributed by atoms with van der Waals surface area (Å²) in [5.74, 6) is 0.750. The molecule has 0 aliphatic carbocycles. The number of rotatable bonds is 5. The van der Waals surface area contributed by atoms with E-state index in [0.717, 1.165) is 24.5 Å². The van der Waals surface area contributed by atoms with E-state index in [0.29, 0.717) is 0 Å². The molecule has 0 spiro atoms. The lowest BCUT2D eigenvalue weighted by molar-refractivity contribution is 0.00860. The van der Waals surface area contributed by atoms with E-state index in [4.69, 9.17) is 4.74 Å². The van der Waals surface area contributed by atoms with E-state index >= 15 is 0 Å². The molecule has 0 radical (unpaired) electrons. The molecule has 0 aliphatic heterocycles. The monoisotopic (exact) mass is 237 g/mol. The van der Waals surface area contributed by atoms with Crippen molar-refractivity contribution in [3.8, 4) is 0 Å². The van der Waals surface area contributed by atoms with Crippen LogP contribution in [0.25, 0.3) is 0 Å². The summed E-state index contributed by atoms with van der Waals surface area (Å²) in [4.78, 5) is 8.79. The SMILES string of the molecule is CCNCc1cnc(C(OC)C(C)(C)C)nc1. The highest BCUT2D eigenvalue weighted by Crippen LogP contribution is 2.33. The Balaban J connectivity index is 2.78. The molecule has 0 saturated carbocycles. The Bertz CT molecular complexity index is 330. The number of ether oxygens (including phenoxy) is 1. The number of hydrogen-bond acceptors (Lipinski definition) is 4. The Labute approximate surface area is 104 Å². The Morgan fingerprint density at radius 3 is 2.29 bits per heavy atom. The van der Waals surface area contributed by atoms with Gasteiger partial charge in [-0.15, -0.1) is 0 Å². The standard InChI is InChI=1S/C13H23N3O/c1-6-14-7-10-8-15-12(16-9-10)11(17-5)13(2,3)4/h8-9,11,14H,6-7H2,1-5H3. The number of aromatic nitrogens is 2. The van der Waals surface area contributed by atoms with E-state index in [1.807, 2.05) is 12.4 Å². The summed E-state index contributed by atoms with van der Waals surface area (Å²) in [6.07, 6.45) is 3.65. The number of nitrogens with one attached hydrogen (secondary N) is 1. The van der Waals surface area contributed by atoms with E-state index in [-0.39, 0.29) is 11.5 Å². The number of methoxy groups -OCH3 is 1. The van der Waals surface area contributed by atoms with Crippen molar-refractivity contribution < 1.29 is 4.74 Å². The van der Waals surface area contributed by atoms with Crippen LogP contribution in [0.5, 0.6) is 0 Å². The molecule has 1 heterocycles. The van der Waals surface area contributed by atoms with Crippen LogP contribution in [0.1, 0.15) is 45.2 Å². The molecule has 0 aromatic carbocycles. The van der Waals surface area contributed by atoms with Crippen molar-refractivity contribution in [3.05, 3.63) is 23.8 Å². The van der Waals surface area contributed by atoms with Crippen molar-refractivity contribution in [2.45, 2.75) is 40.3 Å². The van der Waals surface area contributed by atoms with Gasteiger partial charge >= 0.3 is 0 Å². The van der Waals surface area contributed by atoms with Crippen molar-refractivity contribution >= 4 is 0 Å². The lowest BCUT2D eigenvalue weighted by atomic mass is 9.88. The van der Waals surface area contributed by atoms with E-state index in [2.05, 4.69) is 43.0 Å². The third-order valence-electron chi connectivity index (χ3n) is 2.56. The highest BCUT2D eigenvalue weighted by molar-refractivity contribution is 5.07. The van der Waals surface area contributed by atoms with Crippen LogP contribution in [-0.4, -0.2) is 23.6 Å². The second kappa shape index (κ2) is 6.07. The van der Waals surface area contributed by atoms with Crippen molar-refractivity contribution in [2.24, 2.45) is 5.41 Å². The average molecular weight is 237 g/mol. The van der Waals surface area contributed by atoms with E-state index < -0.39 is 0 Å². The fourth-order valence-electron chi connectivity index (χ4n) is 1.71. The molecular formula is C13H23N3O. The highest BCUT2D eigenvalue weighted by Gasteiger charge is 2.28. The molecule has 0 fully saturated rings. The molecule has 4 nitrogen and oxygen atoms in total. The van der Waals surface area contributed by atoms with Crippen LogP contribution < -0.4 is 5.32 Å². The lowest BCUT2D eigenvalue weighted by Crippen LogP contribution is -2.22. The van der Waals surface area contributed by atoms with Crippen LogP contribution in [0.4, 0.5) is 0 Å². The molecule has 17 heavy (non-hydrogen) atoms. The van der Waals surface area contributed by atoms with Gasteiger partial charge in [-0.2, -0.15) is 0 Å². The van der Waals surface area contributed by atoms with Gasteiger partial charge < -0.3 is 10.1 Å². The zero-order valence-corrected chi connectivity index (χ0v) is 11.4. The Kier molecular flexibility index (Phi) is 5.02. The molecule has 0 aliphatic rings. The normalized spacial score (nSPS) is 13.7. The predicted molar refractivity (Wildman–Crippen MR) is 68.6 cm³/mol. The smallest absolute Gasteiger partial charge is 0.157 e. The van der Waals surface area contributed by atoms with E-state index in [1.165, 1.54) is 0 Å². The van der Waals surface area contributed by atoms with Crippen molar-refractivity contribution in [1.82, 2.24) is 15.3 Å². The van der Waals surface area contributed by atoms with Gasteiger partial charge in [0.25, 0.3) is 0 Å². The molecule has 0 saturated heterocycles. The van der Waals surface area contributed by atoms with Gasteiger partial charge in [-0.25, -0.2) is 9.97 Å². The molecule has 1 N–H and O–H groups in total. The summed E-state index contributed by atoms with van der Waals surface area (Å²) >= 11 is 0. The van der Waals surface area contributed by atoms with E-state index in [9.17, 15) is 0 Å². The zero-order chi connectivity index (χ0) is 12.9. The first kappa shape index (κ1) is 14.1. The zero-order valence-electron chi connectivity index (χ0n) is 11.4. The maximum absolute atomic E-state index is 5.48. The van der Waals surface area contributed by atoms with Crippen LogP contribution in [0.15, 0.2) is 12.4 Å². The van der Waals surface area contributed by atoms with Gasteiger partial charge in [-0.3, -0.25) is 0 Å². The van der Waals surface area contributed by atoms with Crippen molar-refractivity contribution in [3.63, 3.8) is 0 Å². The van der Waals surface area contributed by atoms with Crippen molar-refractivity contribution in [2.75, 3.05) is 13.7 Å². The molecule has 1 rings (SSSR count). The number of hydrogen-bond donors (Lipinski definition) is 1. The summed E-state index contributed by atoms with van der Waals surface area (Å²) in [7, 11) is 1.70. The minimum Gasteiger partial charge on any atom is -0.373 e. The quantitative estimate of drug-likeness (QED) is 0.853. The fraction of sp³-hybridized carbons (Fsp3) is 0.692. The molecule has 96 valence electrons. The largest absolute Gasteiger partial charge is 0.373 e. The molecule has 0 bridgehead atoms. The number of nitrogens with zero attached hydrogens (tertiary/aromatic N) is 2. The Hall–Kier alpha value is -1.00. The molecule has 4 heteroatoms. The van der Waals surface area contributed by atoms with Gasteiger partial charge in [-0.1, -0.05) is 27.7 Å². The lowest BCUT2D eigenvalue weighted by Gasteiger charge is -2.27. The van der Waals surface area contributed by atoms with Gasteiger partial charge in [-0.05, 0) is 12.0 Å². The maximum atomic E-state index is 5.48. The Morgan fingerprint density at radius 1 is 1.29 bits per heavy atom. The summed E-state index contributed by atoms with van der Waals surface area (Å²) < 4.78 is 5.48. The molecule has 1 aromatic rings. The summed E-state index contributed by atoms with van der Waals surface area (Å²) in [5, 5.41) is 3.25. The first-order valence-corrected chi connectivity index (χ1v) is 6.03. The van der Waals surface area contributed by atoms with Crippen LogP contribution in [0, 0.1) is 5.41 Å². The molecule has 1 unspecified atom stereocenters. The highest BCUT2D eigenvalue weighted by atomic mass is 16.5. The first-order chi connectivity index (χ1) is 7.99. The molecular weight excluding hydrogens is 214 g/mol. The molecule has 1 aromatic heterocycles. The minimum absolute atomic E-state index is 0.00205. The second-order valence-electron chi connectivity index (χ2n) is 5.21. The van der Waals surface area contributed by atoms with Gasteiger partial charge in [0.05, 0.1) is 0 Å². The maximum Gasteiger partial charge on any atom is 0.157 e. The van der Waals surface area contributed by atoms with Crippen molar-refractivity contribution in [1.29, 1.82) is 0 Å². The second-order valence-corrected chi connectivity index (χ2v) is 5.21. The minimum atomic E-state index is -0.0734. The van der Waals surface area contributed by atoms with Crippen LogP contribution >= 0.6 is 0 Å². The topological polar surface area (TPSA) is 47.0 Å². The van der Waals surface area contributed by atoms with Gasteiger partial charge in [0.15, 0.2) is 5.82 Å². The van der Waals surface area contributed by atoms with E-state index in [1.54, 1.807) is 7.11 Å². The fourth-order valence-corrected chi connectivity index (χ4v) is 1.71.